The van der Waals surface area contributed by atoms with Gasteiger partial charge in [0.2, 0.25) is 0 Å². The Morgan fingerprint density at radius 1 is 1.29 bits per heavy atom. The molecular formula is C14H14ClNS. The van der Waals surface area contributed by atoms with Gasteiger partial charge < -0.3 is 5.73 Å². The van der Waals surface area contributed by atoms with Crippen molar-refractivity contribution in [3.63, 3.8) is 0 Å². The SMILES string of the molecule is NCC1(c2csc(-c3cccc(Cl)c3)c2)CC1. The van der Waals surface area contributed by atoms with Gasteiger partial charge in [0, 0.05) is 21.9 Å². The second-order valence-corrected chi connectivity index (χ2v) is 6.04. The standard InChI is InChI=1S/C14H14ClNS/c15-12-3-1-2-10(6-12)13-7-11(8-17-13)14(9-16)4-5-14/h1-3,6-8H,4-5,9,16H2. The molecule has 0 aliphatic heterocycles. The summed E-state index contributed by atoms with van der Waals surface area (Å²) in [6.07, 6.45) is 2.46. The Balaban J connectivity index is 1.95. The third-order valence-electron chi connectivity index (χ3n) is 3.57. The minimum absolute atomic E-state index is 0.285. The molecule has 1 aliphatic carbocycles. The quantitative estimate of drug-likeness (QED) is 0.888. The van der Waals surface area contributed by atoms with E-state index in [9.17, 15) is 0 Å². The lowest BCUT2D eigenvalue weighted by molar-refractivity contribution is 0.708. The molecule has 88 valence electrons. The van der Waals surface area contributed by atoms with Crippen LogP contribution >= 0.6 is 22.9 Å². The summed E-state index contributed by atoms with van der Waals surface area (Å²) in [4.78, 5) is 1.28. The lowest BCUT2D eigenvalue weighted by Crippen LogP contribution is -2.18. The van der Waals surface area contributed by atoms with Crippen LogP contribution in [0, 0.1) is 0 Å². The molecule has 0 spiro atoms. The number of hydrogen-bond acceptors (Lipinski definition) is 2. The predicted molar refractivity (Wildman–Crippen MR) is 74.7 cm³/mol. The van der Waals surface area contributed by atoms with Gasteiger partial charge in [-0.15, -0.1) is 11.3 Å². The fraction of sp³-hybridized carbons (Fsp3) is 0.286. The molecule has 2 aromatic rings. The van der Waals surface area contributed by atoms with E-state index in [-0.39, 0.29) is 5.41 Å². The molecule has 1 fully saturated rings. The molecule has 1 aromatic heterocycles. The largest absolute Gasteiger partial charge is 0.330 e. The molecule has 1 aromatic carbocycles. The molecule has 0 unspecified atom stereocenters. The summed E-state index contributed by atoms with van der Waals surface area (Å²) in [6, 6.07) is 10.3. The van der Waals surface area contributed by atoms with Crippen molar-refractivity contribution in [1.29, 1.82) is 0 Å². The second kappa shape index (κ2) is 4.13. The number of benzene rings is 1. The Bertz CT molecular complexity index is 543. The molecule has 0 bridgehead atoms. The highest BCUT2D eigenvalue weighted by atomic mass is 35.5. The number of nitrogens with two attached hydrogens (primary N) is 1. The van der Waals surface area contributed by atoms with Gasteiger partial charge in [-0.05, 0) is 47.5 Å². The van der Waals surface area contributed by atoms with Crippen LogP contribution in [0.2, 0.25) is 5.02 Å². The summed E-state index contributed by atoms with van der Waals surface area (Å²) in [7, 11) is 0. The van der Waals surface area contributed by atoms with Gasteiger partial charge in [0.15, 0.2) is 0 Å². The third kappa shape index (κ3) is 2.01. The fourth-order valence-electron chi connectivity index (χ4n) is 2.17. The van der Waals surface area contributed by atoms with E-state index in [4.69, 9.17) is 17.3 Å². The lowest BCUT2D eigenvalue weighted by atomic mass is 9.98. The maximum Gasteiger partial charge on any atom is 0.0412 e. The Hall–Kier alpha value is -0.830. The van der Waals surface area contributed by atoms with Gasteiger partial charge in [-0.2, -0.15) is 0 Å². The van der Waals surface area contributed by atoms with Gasteiger partial charge in [-0.1, -0.05) is 23.7 Å². The highest BCUT2D eigenvalue weighted by Gasteiger charge is 2.43. The van der Waals surface area contributed by atoms with E-state index in [0.717, 1.165) is 11.6 Å². The van der Waals surface area contributed by atoms with Crippen molar-refractivity contribution < 1.29 is 0 Å². The topological polar surface area (TPSA) is 26.0 Å². The van der Waals surface area contributed by atoms with E-state index >= 15 is 0 Å². The van der Waals surface area contributed by atoms with Crippen molar-refractivity contribution in [2.24, 2.45) is 5.73 Å². The second-order valence-electron chi connectivity index (χ2n) is 4.69. The molecule has 1 heterocycles. The van der Waals surface area contributed by atoms with Gasteiger partial charge in [0.1, 0.15) is 0 Å². The van der Waals surface area contributed by atoms with Crippen LogP contribution in [-0.4, -0.2) is 6.54 Å². The van der Waals surface area contributed by atoms with Crippen LogP contribution in [0.15, 0.2) is 35.7 Å². The minimum Gasteiger partial charge on any atom is -0.330 e. The first kappa shape index (κ1) is 11.3. The average molecular weight is 264 g/mol. The third-order valence-corrected chi connectivity index (χ3v) is 4.78. The molecule has 0 amide bonds. The number of thiophene rings is 1. The zero-order valence-corrected chi connectivity index (χ0v) is 11.0. The molecule has 1 nitrogen and oxygen atoms in total. The van der Waals surface area contributed by atoms with Crippen LogP contribution < -0.4 is 5.73 Å². The Kier molecular flexibility index (Phi) is 2.74. The molecule has 1 aliphatic rings. The Morgan fingerprint density at radius 3 is 2.76 bits per heavy atom. The maximum absolute atomic E-state index is 6.02. The molecular weight excluding hydrogens is 250 g/mol. The Labute approximate surface area is 110 Å². The van der Waals surface area contributed by atoms with Crippen LogP contribution in [0.3, 0.4) is 0 Å². The molecule has 3 heteroatoms. The van der Waals surface area contributed by atoms with Crippen molar-refractivity contribution in [1.82, 2.24) is 0 Å². The van der Waals surface area contributed by atoms with Crippen molar-refractivity contribution in [2.45, 2.75) is 18.3 Å². The van der Waals surface area contributed by atoms with Crippen molar-refractivity contribution >= 4 is 22.9 Å². The number of halogens is 1. The number of hydrogen-bond donors (Lipinski definition) is 1. The summed E-state index contributed by atoms with van der Waals surface area (Å²) >= 11 is 7.80. The Morgan fingerprint density at radius 2 is 2.12 bits per heavy atom. The minimum atomic E-state index is 0.285. The summed E-state index contributed by atoms with van der Waals surface area (Å²) in [5.74, 6) is 0. The molecule has 1 saturated carbocycles. The summed E-state index contributed by atoms with van der Waals surface area (Å²) < 4.78 is 0. The molecule has 2 N–H and O–H groups in total. The van der Waals surface area contributed by atoms with Crippen molar-refractivity contribution in [2.75, 3.05) is 6.54 Å². The van der Waals surface area contributed by atoms with Crippen LogP contribution in [0.4, 0.5) is 0 Å². The molecule has 17 heavy (non-hydrogen) atoms. The van der Waals surface area contributed by atoms with Crippen LogP contribution in [-0.2, 0) is 5.41 Å². The normalized spacial score (nSPS) is 17.1. The first-order valence-electron chi connectivity index (χ1n) is 5.79. The van der Waals surface area contributed by atoms with Crippen molar-refractivity contribution in [3.05, 3.63) is 46.3 Å². The predicted octanol–water partition coefficient (Wildman–Crippen LogP) is 4.06. The maximum atomic E-state index is 6.02. The molecule has 3 rings (SSSR count). The van der Waals surface area contributed by atoms with E-state index in [2.05, 4.69) is 17.5 Å². The highest BCUT2D eigenvalue weighted by molar-refractivity contribution is 7.13. The van der Waals surface area contributed by atoms with Crippen LogP contribution in [0.5, 0.6) is 0 Å². The first-order valence-corrected chi connectivity index (χ1v) is 7.04. The molecule has 0 radical (unpaired) electrons. The monoisotopic (exact) mass is 263 g/mol. The summed E-state index contributed by atoms with van der Waals surface area (Å²) in [6.45, 7) is 0.763. The zero-order valence-electron chi connectivity index (χ0n) is 9.45. The van der Waals surface area contributed by atoms with Crippen molar-refractivity contribution in [3.8, 4) is 10.4 Å². The van der Waals surface area contributed by atoms with Crippen LogP contribution in [0.1, 0.15) is 18.4 Å². The number of rotatable bonds is 3. The molecule has 0 atom stereocenters. The van der Waals surface area contributed by atoms with Gasteiger partial charge in [-0.3, -0.25) is 0 Å². The smallest absolute Gasteiger partial charge is 0.0412 e. The van der Waals surface area contributed by atoms with Gasteiger partial charge in [-0.25, -0.2) is 0 Å². The lowest BCUT2D eigenvalue weighted by Gasteiger charge is -2.08. The van der Waals surface area contributed by atoms with Gasteiger partial charge >= 0.3 is 0 Å². The highest BCUT2D eigenvalue weighted by Crippen LogP contribution is 2.49. The van der Waals surface area contributed by atoms with Crippen LogP contribution in [0.25, 0.3) is 10.4 Å². The van der Waals surface area contributed by atoms with Gasteiger partial charge in [0.05, 0.1) is 0 Å². The zero-order chi connectivity index (χ0) is 11.9. The summed E-state index contributed by atoms with van der Waals surface area (Å²) in [5, 5.41) is 3.04. The first-order chi connectivity index (χ1) is 8.23. The van der Waals surface area contributed by atoms with E-state index in [1.54, 1.807) is 11.3 Å². The molecule has 0 saturated heterocycles. The van der Waals surface area contributed by atoms with E-state index in [1.807, 2.05) is 18.2 Å². The average Bonchev–Trinajstić information content (AvgIpc) is 2.99. The summed E-state index contributed by atoms with van der Waals surface area (Å²) in [5.41, 5.74) is 8.74. The van der Waals surface area contributed by atoms with E-state index in [0.29, 0.717) is 0 Å². The fourth-order valence-corrected chi connectivity index (χ4v) is 3.39. The van der Waals surface area contributed by atoms with Gasteiger partial charge in [0.25, 0.3) is 0 Å². The van der Waals surface area contributed by atoms with E-state index < -0.39 is 0 Å². The van der Waals surface area contributed by atoms with E-state index in [1.165, 1.54) is 28.8 Å².